The molecule has 0 saturated heterocycles. The van der Waals surface area contributed by atoms with Gasteiger partial charge in [0.15, 0.2) is 0 Å². The zero-order valence-corrected chi connectivity index (χ0v) is 19.3. The molecule has 0 atom stereocenters. The van der Waals surface area contributed by atoms with Crippen LogP contribution < -0.4 is 5.73 Å². The molecule has 11 heteroatoms. The third kappa shape index (κ3) is 3.60. The van der Waals surface area contributed by atoms with Crippen molar-refractivity contribution in [3.8, 4) is 27.6 Å². The van der Waals surface area contributed by atoms with Crippen LogP contribution in [-0.4, -0.2) is 9.97 Å². The minimum atomic E-state index is -4.64. The fourth-order valence-corrected chi connectivity index (χ4v) is 6.07. The number of nitriles is 1. The number of nitrogens with zero attached hydrogens (tertiary/aromatic N) is 3. The Morgan fingerprint density at radius 2 is 1.85 bits per heavy atom. The maximum Gasteiger partial charge on any atom is 0.433 e. The summed E-state index contributed by atoms with van der Waals surface area (Å²) < 4.78 is 41.4. The molecule has 0 aliphatic carbocycles. The highest BCUT2D eigenvalue weighted by molar-refractivity contribution is 7.26. The smallest absolute Gasteiger partial charge is 0.383 e. The monoisotopic (exact) mass is 520 g/mol. The number of nitrogens with two attached hydrogens (primary N) is 1. The molecule has 164 valence electrons. The lowest BCUT2D eigenvalue weighted by atomic mass is 9.99. The summed E-state index contributed by atoms with van der Waals surface area (Å²) in [4.78, 5) is 9.07. The third-order valence-corrected chi connectivity index (χ3v) is 7.53. The first kappa shape index (κ1) is 21.9. The Morgan fingerprint density at radius 1 is 1.06 bits per heavy atom. The normalized spacial score (nSPS) is 11.9. The molecule has 0 bridgehead atoms. The average molecular weight is 521 g/mol. The van der Waals surface area contributed by atoms with Gasteiger partial charge in [0.2, 0.25) is 0 Å². The summed E-state index contributed by atoms with van der Waals surface area (Å²) in [5.74, 6) is -0.0530. The van der Waals surface area contributed by atoms with Crippen molar-refractivity contribution in [3.05, 3.63) is 63.1 Å². The molecule has 0 spiro atoms. The molecule has 4 nitrogen and oxygen atoms in total. The number of thiophene rings is 2. The van der Waals surface area contributed by atoms with Gasteiger partial charge < -0.3 is 5.73 Å². The van der Waals surface area contributed by atoms with Gasteiger partial charge in [0, 0.05) is 37.0 Å². The van der Waals surface area contributed by atoms with E-state index in [2.05, 4.69) is 9.97 Å². The lowest BCUT2D eigenvalue weighted by Crippen LogP contribution is -2.07. The lowest BCUT2D eigenvalue weighted by molar-refractivity contribution is -0.140. The first-order valence-corrected chi connectivity index (χ1v) is 11.7. The molecule has 1 aromatic carbocycles. The summed E-state index contributed by atoms with van der Waals surface area (Å²) in [7, 11) is 0. The fraction of sp³-hybridized carbons (Fsp3) is 0.0455. The predicted octanol–water partition coefficient (Wildman–Crippen LogP) is 8.02. The van der Waals surface area contributed by atoms with Crippen LogP contribution >= 0.6 is 45.9 Å². The number of rotatable bonds is 2. The van der Waals surface area contributed by atoms with E-state index in [0.717, 1.165) is 17.4 Å². The molecule has 33 heavy (non-hydrogen) atoms. The van der Waals surface area contributed by atoms with E-state index in [1.165, 1.54) is 17.4 Å². The van der Waals surface area contributed by atoms with Gasteiger partial charge in [-0.15, -0.1) is 22.7 Å². The van der Waals surface area contributed by atoms with E-state index in [0.29, 0.717) is 42.2 Å². The molecule has 0 radical (unpaired) electrons. The topological polar surface area (TPSA) is 75.6 Å². The number of halogens is 5. The molecule has 0 amide bonds. The number of nitrogen functional groups attached to an aromatic ring is 1. The summed E-state index contributed by atoms with van der Waals surface area (Å²) in [6.07, 6.45) is -4.64. The van der Waals surface area contributed by atoms with Gasteiger partial charge in [0.05, 0.1) is 10.2 Å². The summed E-state index contributed by atoms with van der Waals surface area (Å²) in [5, 5.41) is 12.7. The van der Waals surface area contributed by atoms with Crippen molar-refractivity contribution in [2.75, 3.05) is 5.73 Å². The molecule has 0 unspecified atom stereocenters. The van der Waals surface area contributed by atoms with Gasteiger partial charge in [-0.1, -0.05) is 35.3 Å². The Bertz CT molecular complexity index is 1600. The van der Waals surface area contributed by atoms with Crippen molar-refractivity contribution in [2.24, 2.45) is 0 Å². The second-order valence-electron chi connectivity index (χ2n) is 6.97. The highest BCUT2D eigenvalue weighted by atomic mass is 35.5. The van der Waals surface area contributed by atoms with Gasteiger partial charge in [-0.2, -0.15) is 18.4 Å². The number of fused-ring (bicyclic) bond motifs is 3. The second kappa shape index (κ2) is 7.85. The third-order valence-electron chi connectivity index (χ3n) is 4.99. The highest BCUT2D eigenvalue weighted by Crippen LogP contribution is 2.48. The minimum absolute atomic E-state index is 0.0530. The first-order chi connectivity index (χ1) is 15.7. The number of pyridine rings is 2. The first-order valence-electron chi connectivity index (χ1n) is 9.22. The van der Waals surface area contributed by atoms with Crippen LogP contribution in [0.3, 0.4) is 0 Å². The summed E-state index contributed by atoms with van der Waals surface area (Å²) in [5.41, 5.74) is 6.76. The Hall–Kier alpha value is -2.90. The SMILES string of the molecule is N#Cc1c(N)nc2c(sc3nc(C(F)(F)F)cc(-c4cccs4)c32)c1-c1ccc(Cl)cc1Cl. The summed E-state index contributed by atoms with van der Waals surface area (Å²) in [6.45, 7) is 0. The van der Waals surface area contributed by atoms with E-state index in [1.54, 1.807) is 29.6 Å². The van der Waals surface area contributed by atoms with Crippen LogP contribution in [0.25, 0.3) is 42.0 Å². The minimum Gasteiger partial charge on any atom is -0.383 e. The molecule has 0 saturated carbocycles. The Balaban J connectivity index is 1.98. The molecule has 5 rings (SSSR count). The summed E-state index contributed by atoms with van der Waals surface area (Å²) >= 11 is 14.8. The van der Waals surface area contributed by atoms with Gasteiger partial charge in [-0.05, 0) is 29.6 Å². The van der Waals surface area contributed by atoms with Crippen molar-refractivity contribution < 1.29 is 13.2 Å². The van der Waals surface area contributed by atoms with Crippen LogP contribution in [0.1, 0.15) is 11.3 Å². The Labute approximate surface area is 202 Å². The molecule has 0 aliphatic rings. The van der Waals surface area contributed by atoms with E-state index in [4.69, 9.17) is 28.9 Å². The van der Waals surface area contributed by atoms with Crippen LogP contribution in [-0.2, 0) is 6.18 Å². The van der Waals surface area contributed by atoms with Crippen LogP contribution in [0.5, 0.6) is 0 Å². The van der Waals surface area contributed by atoms with Gasteiger partial charge >= 0.3 is 6.18 Å². The van der Waals surface area contributed by atoms with Crippen molar-refractivity contribution in [3.63, 3.8) is 0 Å². The number of alkyl halides is 3. The molecular formula is C22H9Cl2F3N4S2. The van der Waals surface area contributed by atoms with Crippen LogP contribution in [0, 0.1) is 11.3 Å². The largest absolute Gasteiger partial charge is 0.433 e. The standard InChI is InChI=1S/C22H9Cl2F3N4S2/c23-9-3-4-10(13(24)6-9)16-12(8-28)20(29)31-18-17-11(14-2-1-5-32-14)7-15(22(25,26)27)30-21(17)33-19(16)18/h1-7H,(H2,29,31). The highest BCUT2D eigenvalue weighted by Gasteiger charge is 2.35. The number of hydrogen-bond donors (Lipinski definition) is 1. The van der Waals surface area contributed by atoms with E-state index < -0.39 is 11.9 Å². The number of hydrogen-bond acceptors (Lipinski definition) is 6. The van der Waals surface area contributed by atoms with Crippen LogP contribution in [0.15, 0.2) is 41.8 Å². The van der Waals surface area contributed by atoms with E-state index >= 15 is 0 Å². The van der Waals surface area contributed by atoms with Crippen LogP contribution in [0.2, 0.25) is 10.0 Å². The van der Waals surface area contributed by atoms with E-state index in [1.807, 2.05) is 6.07 Å². The maximum atomic E-state index is 13.6. The van der Waals surface area contributed by atoms with Crippen molar-refractivity contribution >= 4 is 72.1 Å². The molecular weight excluding hydrogens is 512 g/mol. The molecule has 5 aromatic rings. The second-order valence-corrected chi connectivity index (χ2v) is 9.76. The molecule has 2 N–H and O–H groups in total. The van der Waals surface area contributed by atoms with E-state index in [9.17, 15) is 18.4 Å². The van der Waals surface area contributed by atoms with Gasteiger partial charge in [0.1, 0.15) is 28.0 Å². The fourth-order valence-electron chi connectivity index (χ4n) is 3.61. The quantitative estimate of drug-likeness (QED) is 0.255. The molecule has 0 fully saturated rings. The number of anilines is 1. The van der Waals surface area contributed by atoms with Gasteiger partial charge in [-0.25, -0.2) is 9.97 Å². The lowest BCUT2D eigenvalue weighted by Gasteiger charge is -2.11. The van der Waals surface area contributed by atoms with Gasteiger partial charge in [0.25, 0.3) is 0 Å². The summed E-state index contributed by atoms with van der Waals surface area (Å²) in [6, 6.07) is 11.3. The molecule has 0 aliphatic heterocycles. The zero-order chi connectivity index (χ0) is 23.5. The van der Waals surface area contributed by atoms with Crippen molar-refractivity contribution in [1.29, 1.82) is 5.26 Å². The number of aromatic nitrogens is 2. The predicted molar refractivity (Wildman–Crippen MR) is 128 cm³/mol. The number of benzene rings is 1. The molecule has 4 heterocycles. The van der Waals surface area contributed by atoms with Crippen LogP contribution in [0.4, 0.5) is 19.0 Å². The maximum absolute atomic E-state index is 13.6. The van der Waals surface area contributed by atoms with E-state index in [-0.39, 0.29) is 21.2 Å². The Kier molecular flexibility index (Phi) is 5.21. The van der Waals surface area contributed by atoms with Crippen molar-refractivity contribution in [1.82, 2.24) is 9.97 Å². The zero-order valence-electron chi connectivity index (χ0n) is 16.2. The van der Waals surface area contributed by atoms with Gasteiger partial charge in [-0.3, -0.25) is 0 Å². The van der Waals surface area contributed by atoms with Crippen molar-refractivity contribution in [2.45, 2.75) is 6.18 Å². The molecule has 4 aromatic heterocycles. The average Bonchev–Trinajstić information content (AvgIpc) is 3.40. The Morgan fingerprint density at radius 3 is 2.48 bits per heavy atom.